The lowest BCUT2D eigenvalue weighted by Crippen LogP contribution is -2.50. The maximum atomic E-state index is 12.9. The highest BCUT2D eigenvalue weighted by atomic mass is 35.5. The molecule has 27 heavy (non-hydrogen) atoms. The van der Waals surface area contributed by atoms with Gasteiger partial charge in [-0.25, -0.2) is 0 Å². The minimum absolute atomic E-state index is 0.0762. The molecule has 0 aliphatic carbocycles. The first kappa shape index (κ1) is 19.9. The molecule has 2 heterocycles. The lowest BCUT2D eigenvalue weighted by Gasteiger charge is -2.29. The van der Waals surface area contributed by atoms with Crippen LogP contribution in [0.1, 0.15) is 22.2 Å². The van der Waals surface area contributed by atoms with Gasteiger partial charge in [-0.2, -0.15) is 13.2 Å². The Morgan fingerprint density at radius 2 is 1.96 bits per heavy atom. The number of alkyl halides is 3. The molecule has 1 aliphatic rings. The molecule has 10 heteroatoms. The molecule has 3 rings (SSSR count). The van der Waals surface area contributed by atoms with Gasteiger partial charge in [0.05, 0.1) is 23.8 Å². The van der Waals surface area contributed by atoms with E-state index in [1.54, 1.807) is 11.8 Å². The van der Waals surface area contributed by atoms with E-state index in [-0.39, 0.29) is 20.5 Å². The minimum atomic E-state index is -4.48. The zero-order valence-corrected chi connectivity index (χ0v) is 15.8. The van der Waals surface area contributed by atoms with Crippen LogP contribution in [0.5, 0.6) is 0 Å². The third-order valence-electron chi connectivity index (χ3n) is 4.20. The van der Waals surface area contributed by atoms with Gasteiger partial charge in [0.25, 0.3) is 5.91 Å². The predicted molar refractivity (Wildman–Crippen MR) is 96.2 cm³/mol. The molecule has 1 atom stereocenters. The van der Waals surface area contributed by atoms with Gasteiger partial charge in [-0.1, -0.05) is 17.7 Å². The molecule has 1 aliphatic heterocycles. The molecule has 2 aromatic rings. The van der Waals surface area contributed by atoms with Gasteiger partial charge in [0.1, 0.15) is 10.9 Å². The number of fused-ring (bicyclic) bond motifs is 1. The summed E-state index contributed by atoms with van der Waals surface area (Å²) in [6.07, 6.45) is -4.48. The third-order valence-corrected chi connectivity index (χ3v) is 5.86. The molecule has 0 unspecified atom stereocenters. The van der Waals surface area contributed by atoms with Crippen molar-refractivity contribution in [1.29, 1.82) is 0 Å². The first-order chi connectivity index (χ1) is 12.7. The molecule has 5 nitrogen and oxygen atoms in total. The molecule has 0 spiro atoms. The van der Waals surface area contributed by atoms with Crippen LogP contribution in [0, 0.1) is 0 Å². The van der Waals surface area contributed by atoms with Crippen LogP contribution in [0.3, 0.4) is 0 Å². The van der Waals surface area contributed by atoms with Crippen molar-refractivity contribution in [1.82, 2.24) is 10.2 Å². The lowest BCUT2D eigenvalue weighted by atomic mass is 10.1. The van der Waals surface area contributed by atoms with E-state index < -0.39 is 23.7 Å². The number of benzene rings is 1. The summed E-state index contributed by atoms with van der Waals surface area (Å²) < 4.78 is 44.0. The van der Waals surface area contributed by atoms with E-state index in [1.807, 2.05) is 0 Å². The monoisotopic (exact) mass is 420 g/mol. The summed E-state index contributed by atoms with van der Waals surface area (Å²) in [5.74, 6) is -0.841. The number of amides is 2. The zero-order chi connectivity index (χ0) is 19.8. The van der Waals surface area contributed by atoms with E-state index >= 15 is 0 Å². The zero-order valence-electron chi connectivity index (χ0n) is 14.2. The number of nitrogens with one attached hydrogen (secondary N) is 1. The fraction of sp³-hybridized carbons (Fsp3) is 0.412. The van der Waals surface area contributed by atoms with Crippen LogP contribution in [0.15, 0.2) is 18.2 Å². The molecule has 1 fully saturated rings. The average molecular weight is 421 g/mol. The Kier molecular flexibility index (Phi) is 5.64. The normalized spacial score (nSPS) is 16.4. The van der Waals surface area contributed by atoms with Crippen molar-refractivity contribution in [2.75, 3.05) is 26.3 Å². The van der Waals surface area contributed by atoms with E-state index in [9.17, 15) is 22.8 Å². The van der Waals surface area contributed by atoms with E-state index in [2.05, 4.69) is 5.32 Å². The summed E-state index contributed by atoms with van der Waals surface area (Å²) in [4.78, 5) is 26.6. The summed E-state index contributed by atoms with van der Waals surface area (Å²) in [5, 5.41) is 3.02. The number of carbonyl (C=O) groups is 2. The summed E-state index contributed by atoms with van der Waals surface area (Å²) in [5.41, 5.74) is -0.810. The molecular formula is C17H16ClF3N2O3S. The Hall–Kier alpha value is -1.84. The first-order valence-electron chi connectivity index (χ1n) is 8.15. The van der Waals surface area contributed by atoms with Crippen LogP contribution in [0.4, 0.5) is 13.2 Å². The van der Waals surface area contributed by atoms with E-state index in [4.69, 9.17) is 16.3 Å². The molecule has 0 saturated carbocycles. The fourth-order valence-corrected chi connectivity index (χ4v) is 4.23. The average Bonchev–Trinajstić information content (AvgIpc) is 2.97. The summed E-state index contributed by atoms with van der Waals surface area (Å²) >= 11 is 7.05. The van der Waals surface area contributed by atoms with Crippen molar-refractivity contribution in [2.45, 2.75) is 19.1 Å². The fourth-order valence-electron chi connectivity index (χ4n) is 2.77. The van der Waals surface area contributed by atoms with Crippen LogP contribution in [-0.2, 0) is 15.7 Å². The number of carbonyl (C=O) groups excluding carboxylic acids is 2. The van der Waals surface area contributed by atoms with Crippen LogP contribution < -0.4 is 5.32 Å². The molecular weight excluding hydrogens is 405 g/mol. The van der Waals surface area contributed by atoms with Crippen molar-refractivity contribution >= 4 is 44.8 Å². The second-order valence-corrected chi connectivity index (χ2v) is 7.52. The number of hydrogen-bond acceptors (Lipinski definition) is 4. The van der Waals surface area contributed by atoms with Crippen molar-refractivity contribution < 1.29 is 27.5 Å². The second kappa shape index (κ2) is 7.65. The van der Waals surface area contributed by atoms with E-state index in [0.717, 1.165) is 23.5 Å². The molecule has 1 aromatic carbocycles. The predicted octanol–water partition coefficient (Wildman–Crippen LogP) is 3.55. The number of rotatable bonds is 3. The Bertz CT molecular complexity index is 878. The van der Waals surface area contributed by atoms with Crippen LogP contribution in [-0.4, -0.2) is 49.1 Å². The maximum absolute atomic E-state index is 12.9. The standard InChI is InChI=1S/C17H16ClF3N2O3S/c1-9(16(25)23-4-6-26-7-5-23)22-15(24)14-13(18)11-3-2-10(17(19,20)21)8-12(11)27-14/h2-3,8-9H,4-7H2,1H3,(H,22,24)/t9-/m0/s1. The maximum Gasteiger partial charge on any atom is 0.416 e. The van der Waals surface area contributed by atoms with Crippen molar-refractivity contribution in [3.05, 3.63) is 33.7 Å². The van der Waals surface area contributed by atoms with Crippen molar-refractivity contribution in [2.24, 2.45) is 0 Å². The van der Waals surface area contributed by atoms with Crippen LogP contribution in [0.25, 0.3) is 10.1 Å². The van der Waals surface area contributed by atoms with Gasteiger partial charge in [-0.05, 0) is 19.1 Å². The first-order valence-corrected chi connectivity index (χ1v) is 9.34. The molecule has 0 bridgehead atoms. The minimum Gasteiger partial charge on any atom is -0.378 e. The van der Waals surface area contributed by atoms with Gasteiger partial charge in [0, 0.05) is 23.2 Å². The highest BCUT2D eigenvalue weighted by Gasteiger charge is 2.31. The quantitative estimate of drug-likeness (QED) is 0.826. The molecule has 1 N–H and O–H groups in total. The molecule has 2 amide bonds. The number of thiophene rings is 1. The number of halogens is 4. The second-order valence-electron chi connectivity index (χ2n) is 6.09. The van der Waals surface area contributed by atoms with Gasteiger partial charge in [-0.3, -0.25) is 9.59 Å². The smallest absolute Gasteiger partial charge is 0.378 e. The summed E-state index contributed by atoms with van der Waals surface area (Å²) in [7, 11) is 0. The molecule has 1 aromatic heterocycles. The van der Waals surface area contributed by atoms with Gasteiger partial charge >= 0.3 is 6.18 Å². The Labute approximate surface area is 162 Å². The van der Waals surface area contributed by atoms with Crippen LogP contribution >= 0.6 is 22.9 Å². The highest BCUT2D eigenvalue weighted by molar-refractivity contribution is 7.21. The summed E-state index contributed by atoms with van der Waals surface area (Å²) in [6.45, 7) is 3.33. The Morgan fingerprint density at radius 1 is 1.30 bits per heavy atom. The highest BCUT2D eigenvalue weighted by Crippen LogP contribution is 2.39. The summed E-state index contributed by atoms with van der Waals surface area (Å²) in [6, 6.07) is 2.34. The SMILES string of the molecule is C[C@H](NC(=O)c1sc2cc(C(F)(F)F)ccc2c1Cl)C(=O)N1CCOCC1. The van der Waals surface area contributed by atoms with Crippen molar-refractivity contribution in [3.8, 4) is 0 Å². The van der Waals surface area contributed by atoms with Gasteiger partial charge in [0.15, 0.2) is 0 Å². The molecule has 0 radical (unpaired) electrons. The third kappa shape index (κ3) is 4.20. The van der Waals surface area contributed by atoms with E-state index in [0.29, 0.717) is 31.7 Å². The van der Waals surface area contributed by atoms with Gasteiger partial charge < -0.3 is 15.0 Å². The van der Waals surface area contributed by atoms with Crippen molar-refractivity contribution in [3.63, 3.8) is 0 Å². The van der Waals surface area contributed by atoms with Crippen LogP contribution in [0.2, 0.25) is 5.02 Å². The number of nitrogens with zero attached hydrogens (tertiary/aromatic N) is 1. The van der Waals surface area contributed by atoms with Gasteiger partial charge in [0.2, 0.25) is 5.91 Å². The number of hydrogen-bond donors (Lipinski definition) is 1. The van der Waals surface area contributed by atoms with E-state index in [1.165, 1.54) is 6.07 Å². The largest absolute Gasteiger partial charge is 0.416 e. The number of ether oxygens (including phenoxy) is 1. The lowest BCUT2D eigenvalue weighted by molar-refractivity contribution is -0.137. The Morgan fingerprint density at radius 3 is 2.59 bits per heavy atom. The molecule has 1 saturated heterocycles. The topological polar surface area (TPSA) is 58.6 Å². The molecule has 146 valence electrons. The van der Waals surface area contributed by atoms with Gasteiger partial charge in [-0.15, -0.1) is 11.3 Å². The number of morpholine rings is 1. The Balaban J connectivity index is 1.78.